The van der Waals surface area contributed by atoms with Gasteiger partial charge < -0.3 is 4.42 Å². The highest BCUT2D eigenvalue weighted by Crippen LogP contribution is 2.34. The third-order valence-electron chi connectivity index (χ3n) is 4.88. The maximum absolute atomic E-state index is 12.8. The van der Waals surface area contributed by atoms with Gasteiger partial charge in [0.2, 0.25) is 0 Å². The van der Waals surface area contributed by atoms with Gasteiger partial charge >= 0.3 is 0 Å². The second kappa shape index (κ2) is 6.96. The highest BCUT2D eigenvalue weighted by Gasteiger charge is 2.33. The first-order valence-electron chi connectivity index (χ1n) is 8.81. The van der Waals surface area contributed by atoms with Crippen LogP contribution in [0.3, 0.4) is 0 Å². The van der Waals surface area contributed by atoms with Gasteiger partial charge in [-0.25, -0.2) is 22.9 Å². The quantitative estimate of drug-likeness (QED) is 0.576. The van der Waals surface area contributed by atoms with Gasteiger partial charge in [-0.15, -0.1) is 0 Å². The van der Waals surface area contributed by atoms with Crippen molar-refractivity contribution in [2.45, 2.75) is 29.6 Å². The number of piperidine rings is 1. The van der Waals surface area contributed by atoms with Crippen LogP contribution in [0, 0.1) is 0 Å². The van der Waals surface area contributed by atoms with Gasteiger partial charge in [0.25, 0.3) is 15.1 Å². The molecule has 0 atom stereocenters. The molecule has 8 nitrogen and oxygen atoms in total. The van der Waals surface area contributed by atoms with E-state index in [4.69, 9.17) is 16.0 Å². The highest BCUT2D eigenvalue weighted by molar-refractivity contribution is 7.89. The third kappa shape index (κ3) is 3.39. The predicted octanol–water partition coefficient (Wildman–Crippen LogP) is 0.204. The largest absolute Gasteiger partial charge is 0.429 e. The van der Waals surface area contributed by atoms with Crippen LogP contribution in [-0.4, -0.2) is 61.1 Å². The smallest absolute Gasteiger partial charge is 0.278 e. The molecule has 0 saturated carbocycles. The number of nitrogens with zero attached hydrogens (tertiary/aromatic N) is 5. The van der Waals surface area contributed by atoms with Gasteiger partial charge in [0, 0.05) is 30.4 Å². The molecule has 1 aliphatic heterocycles. The summed E-state index contributed by atoms with van der Waals surface area (Å²) in [6, 6.07) is 1.79. The Hall–Kier alpha value is -1.84. The van der Waals surface area contributed by atoms with Gasteiger partial charge in [-0.1, -0.05) is 11.6 Å². The van der Waals surface area contributed by atoms with E-state index in [0.29, 0.717) is 42.5 Å². The van der Waals surface area contributed by atoms with Crippen LogP contribution in [0.25, 0.3) is 5.65 Å². The van der Waals surface area contributed by atoms with Crippen molar-refractivity contribution in [3.8, 4) is 0 Å². The summed E-state index contributed by atoms with van der Waals surface area (Å²) in [6.45, 7) is 0.798. The van der Waals surface area contributed by atoms with Crippen LogP contribution >= 0.6 is 11.6 Å². The van der Waals surface area contributed by atoms with E-state index in [0.717, 1.165) is 5.56 Å². The summed E-state index contributed by atoms with van der Waals surface area (Å²) in [5.74, 6) is 0.592. The number of oxazole rings is 1. The summed E-state index contributed by atoms with van der Waals surface area (Å²) in [7, 11) is 0.140. The zero-order chi connectivity index (χ0) is 19.2. The Morgan fingerprint density at radius 1 is 1.26 bits per heavy atom. The summed E-state index contributed by atoms with van der Waals surface area (Å²) >= 11 is 6.41. The maximum atomic E-state index is 12.8. The summed E-state index contributed by atoms with van der Waals surface area (Å²) in [4.78, 5) is 8.19. The Labute approximate surface area is 163 Å². The number of hydrogen-bond donors (Lipinski definition) is 0. The Kier molecular flexibility index (Phi) is 4.77. The fourth-order valence-electron chi connectivity index (χ4n) is 3.34. The number of pyridine rings is 1. The molecule has 4 heterocycles. The van der Waals surface area contributed by atoms with E-state index in [2.05, 4.69) is 15.1 Å². The Balaban J connectivity index is 1.51. The first-order valence-corrected chi connectivity index (χ1v) is 10.6. The lowest BCUT2D eigenvalue weighted by atomic mass is 9.71. The molecule has 3 aromatic heterocycles. The van der Waals surface area contributed by atoms with Crippen LogP contribution in [0.4, 0.5) is 0 Å². The van der Waals surface area contributed by atoms with E-state index >= 15 is 0 Å². The van der Waals surface area contributed by atoms with Crippen molar-refractivity contribution in [1.29, 1.82) is 0 Å². The Morgan fingerprint density at radius 3 is 2.67 bits per heavy atom. The molecule has 0 N–H and O–H groups in total. The second-order valence-electron chi connectivity index (χ2n) is 6.99. The number of hydrogen-bond acceptors (Lipinski definition) is 6. The van der Waals surface area contributed by atoms with Crippen molar-refractivity contribution in [3.05, 3.63) is 41.3 Å². The van der Waals surface area contributed by atoms with Crippen molar-refractivity contribution >= 4 is 43.0 Å². The van der Waals surface area contributed by atoms with E-state index in [1.807, 2.05) is 21.9 Å². The van der Waals surface area contributed by atoms with Crippen LogP contribution in [0.5, 0.6) is 0 Å². The van der Waals surface area contributed by atoms with Gasteiger partial charge in [0.15, 0.2) is 11.5 Å². The molecule has 1 fully saturated rings. The maximum Gasteiger partial charge on any atom is 0.278 e. The lowest BCUT2D eigenvalue weighted by Crippen LogP contribution is -2.37. The van der Waals surface area contributed by atoms with Crippen LogP contribution in [0.15, 0.2) is 34.3 Å². The Morgan fingerprint density at radius 2 is 2.00 bits per heavy atom. The van der Waals surface area contributed by atoms with Gasteiger partial charge in [-0.05, 0) is 30.0 Å². The first kappa shape index (κ1) is 18.5. The van der Waals surface area contributed by atoms with Gasteiger partial charge in [-0.3, -0.25) is 0 Å². The zero-order valence-corrected chi connectivity index (χ0v) is 16.6. The number of halogens is 1. The molecule has 1 saturated heterocycles. The average Bonchev–Trinajstić information content (AvgIpc) is 3.30. The number of aromatic nitrogens is 4. The van der Waals surface area contributed by atoms with E-state index in [9.17, 15) is 8.42 Å². The minimum atomic E-state index is -3.67. The summed E-state index contributed by atoms with van der Waals surface area (Å²) < 4.78 is 34.2. The molecule has 0 spiro atoms. The first-order chi connectivity index (χ1) is 12.9. The van der Waals surface area contributed by atoms with Crippen molar-refractivity contribution < 1.29 is 12.8 Å². The molecule has 0 aromatic carbocycles. The fourth-order valence-corrected chi connectivity index (χ4v) is 4.97. The second-order valence-corrected chi connectivity index (χ2v) is 9.27. The van der Waals surface area contributed by atoms with Crippen molar-refractivity contribution in [3.63, 3.8) is 0 Å². The van der Waals surface area contributed by atoms with Crippen LogP contribution in [0.1, 0.15) is 35.9 Å². The summed E-state index contributed by atoms with van der Waals surface area (Å²) in [5, 5.41) is 4.69. The molecule has 0 radical (unpaired) electrons. The molecule has 27 heavy (non-hydrogen) atoms. The van der Waals surface area contributed by atoms with E-state index in [-0.39, 0.29) is 16.7 Å². The molecule has 0 amide bonds. The standard InChI is InChI=1S/C15H18B2ClN5O3S/c16-14(17)15-19-6-13(26-15)27(24,25)22-3-1-9(2-4-22)10-7-23-12(5-11(10)18)20-8-21-23/h5-9,14H,1-4,16-17H2. The van der Waals surface area contributed by atoms with Crippen molar-refractivity contribution in [2.75, 3.05) is 13.1 Å². The van der Waals surface area contributed by atoms with E-state index in [1.165, 1.54) is 16.8 Å². The lowest BCUT2D eigenvalue weighted by molar-refractivity contribution is 0.307. The molecular weight excluding hydrogens is 387 g/mol. The molecule has 0 bridgehead atoms. The van der Waals surface area contributed by atoms with Crippen LogP contribution in [0.2, 0.25) is 5.02 Å². The zero-order valence-electron chi connectivity index (χ0n) is 15.0. The van der Waals surface area contributed by atoms with Crippen molar-refractivity contribution in [2.24, 2.45) is 0 Å². The topological polar surface area (TPSA) is 93.6 Å². The number of sulfonamides is 1. The van der Waals surface area contributed by atoms with E-state index < -0.39 is 10.0 Å². The number of rotatable bonds is 4. The average molecular weight is 405 g/mol. The number of fused-ring (bicyclic) bond motifs is 1. The SMILES string of the molecule is BC(B)c1ncc(S(=O)(=O)N2CCC(c3cn4ncnc4cc3Cl)CC2)o1. The predicted molar refractivity (Wildman–Crippen MR) is 105 cm³/mol. The van der Waals surface area contributed by atoms with E-state index in [1.54, 1.807) is 10.6 Å². The molecule has 12 heteroatoms. The van der Waals surface area contributed by atoms with Crippen LogP contribution in [-0.2, 0) is 10.0 Å². The molecule has 1 aliphatic rings. The van der Waals surface area contributed by atoms with Crippen molar-refractivity contribution in [1.82, 2.24) is 23.9 Å². The molecule has 4 rings (SSSR count). The van der Waals surface area contributed by atoms with Gasteiger partial charge in [0.1, 0.15) is 22.0 Å². The summed E-state index contributed by atoms with van der Waals surface area (Å²) in [5.41, 5.74) is 1.69. The van der Waals surface area contributed by atoms with Gasteiger partial charge in [0.05, 0.1) is 6.20 Å². The molecule has 3 aromatic rings. The molecule has 140 valence electrons. The normalized spacial score (nSPS) is 17.1. The molecular formula is C15H18B2ClN5O3S. The third-order valence-corrected chi connectivity index (χ3v) is 6.95. The molecule has 0 aliphatic carbocycles. The fraction of sp³-hybridized carbons (Fsp3) is 0.400. The van der Waals surface area contributed by atoms with Gasteiger partial charge in [-0.2, -0.15) is 9.40 Å². The lowest BCUT2D eigenvalue weighted by Gasteiger charge is -2.31. The Bertz CT molecular complexity index is 1080. The monoisotopic (exact) mass is 405 g/mol. The van der Waals surface area contributed by atoms with Crippen LogP contribution < -0.4 is 0 Å². The minimum Gasteiger partial charge on any atom is -0.429 e. The molecule has 0 unspecified atom stereocenters. The minimum absolute atomic E-state index is 0.0357. The highest BCUT2D eigenvalue weighted by atomic mass is 35.5. The summed E-state index contributed by atoms with van der Waals surface area (Å²) in [6.07, 6.45) is 6.00.